The third-order valence-corrected chi connectivity index (χ3v) is 8.16. The van der Waals surface area contributed by atoms with Crippen molar-refractivity contribution in [2.75, 3.05) is 23.9 Å². The lowest BCUT2D eigenvalue weighted by molar-refractivity contribution is -0.113. The number of nitrogens with two attached hydrogens (primary N) is 1. The second-order valence-corrected chi connectivity index (χ2v) is 11.1. The Balaban J connectivity index is 1.46. The number of anilines is 2. The Labute approximate surface area is 182 Å². The topological polar surface area (TPSA) is 90.1 Å². The summed E-state index contributed by atoms with van der Waals surface area (Å²) in [6, 6.07) is 7.21. The fraction of sp³-hybridized carbons (Fsp3) is 0.350. The number of thioether (sulfide) groups is 2. The van der Waals surface area contributed by atoms with Crippen LogP contribution in [-0.2, 0) is 17.0 Å². The summed E-state index contributed by atoms with van der Waals surface area (Å²) in [6.07, 6.45) is 0.970. The van der Waals surface area contributed by atoms with Crippen LogP contribution in [0.15, 0.2) is 29.4 Å². The predicted octanol–water partition coefficient (Wildman–Crippen LogP) is 4.58. The summed E-state index contributed by atoms with van der Waals surface area (Å²) in [7, 11) is 1.61. The van der Waals surface area contributed by atoms with Crippen LogP contribution in [0.1, 0.15) is 24.3 Å². The Bertz CT molecular complexity index is 1060. The van der Waals surface area contributed by atoms with Crippen molar-refractivity contribution in [3.63, 3.8) is 0 Å². The maximum Gasteiger partial charge on any atom is 0.234 e. The van der Waals surface area contributed by atoms with Gasteiger partial charge in [-0.2, -0.15) is 0 Å². The number of rotatable bonds is 5. The molecule has 2 aromatic heterocycles. The van der Waals surface area contributed by atoms with Gasteiger partial charge in [-0.25, -0.2) is 9.97 Å². The summed E-state index contributed by atoms with van der Waals surface area (Å²) in [4.78, 5) is 23.7. The van der Waals surface area contributed by atoms with Crippen molar-refractivity contribution in [1.82, 2.24) is 9.97 Å². The number of amides is 1. The molecule has 0 bridgehead atoms. The van der Waals surface area contributed by atoms with Gasteiger partial charge in [0.1, 0.15) is 16.4 Å². The first-order chi connectivity index (χ1) is 13.8. The van der Waals surface area contributed by atoms with Crippen LogP contribution in [0.25, 0.3) is 10.2 Å². The molecule has 9 heteroatoms. The fourth-order valence-electron chi connectivity index (χ4n) is 3.22. The summed E-state index contributed by atoms with van der Waals surface area (Å²) in [5.41, 5.74) is 8.31. The standard InChI is InChI=1S/C20H22N4O2S3/c1-20(2)8-13-14(9-28-20)29-18-16(13)17(21)23-19(24-18)27-10-15(25)22-11-4-6-12(26-3)7-5-11/h4-7H,8-10H2,1-3H3,(H,22,25)(H2,21,23,24). The van der Waals surface area contributed by atoms with Crippen LogP contribution in [0.4, 0.5) is 11.5 Å². The number of ether oxygens (including phenoxy) is 1. The van der Waals surface area contributed by atoms with E-state index in [-0.39, 0.29) is 16.4 Å². The van der Waals surface area contributed by atoms with Gasteiger partial charge in [-0.1, -0.05) is 25.6 Å². The second kappa shape index (κ2) is 8.04. The average molecular weight is 447 g/mol. The Kier molecular flexibility index (Phi) is 5.63. The van der Waals surface area contributed by atoms with Crippen LogP contribution in [-0.4, -0.2) is 33.5 Å². The minimum atomic E-state index is -0.119. The molecule has 0 aliphatic carbocycles. The van der Waals surface area contributed by atoms with Gasteiger partial charge in [0.25, 0.3) is 0 Å². The number of carbonyl (C=O) groups is 1. The molecule has 1 aliphatic rings. The van der Waals surface area contributed by atoms with Crippen molar-refractivity contribution in [2.45, 2.75) is 35.9 Å². The van der Waals surface area contributed by atoms with E-state index in [4.69, 9.17) is 10.5 Å². The van der Waals surface area contributed by atoms with Crippen LogP contribution in [0, 0.1) is 0 Å². The Morgan fingerprint density at radius 3 is 2.79 bits per heavy atom. The van der Waals surface area contributed by atoms with Crippen LogP contribution in [0.5, 0.6) is 5.75 Å². The Morgan fingerprint density at radius 1 is 1.31 bits per heavy atom. The van der Waals surface area contributed by atoms with Gasteiger partial charge in [-0.15, -0.1) is 23.1 Å². The maximum atomic E-state index is 12.3. The number of nitrogen functional groups attached to an aromatic ring is 1. The van der Waals surface area contributed by atoms with Gasteiger partial charge in [-0.05, 0) is 36.2 Å². The summed E-state index contributed by atoms with van der Waals surface area (Å²) in [5.74, 6) is 2.33. The first-order valence-electron chi connectivity index (χ1n) is 9.13. The lowest BCUT2D eigenvalue weighted by Gasteiger charge is -2.28. The average Bonchev–Trinajstić information content (AvgIpc) is 3.04. The van der Waals surface area contributed by atoms with Gasteiger partial charge in [0.2, 0.25) is 5.91 Å². The van der Waals surface area contributed by atoms with E-state index in [2.05, 4.69) is 29.1 Å². The van der Waals surface area contributed by atoms with Gasteiger partial charge >= 0.3 is 0 Å². The highest BCUT2D eigenvalue weighted by Gasteiger charge is 2.30. The minimum absolute atomic E-state index is 0.119. The number of hydrogen-bond acceptors (Lipinski definition) is 8. The Hall–Kier alpha value is -1.97. The number of aromatic nitrogens is 2. The van der Waals surface area contributed by atoms with Gasteiger partial charge in [0, 0.05) is 21.1 Å². The molecule has 29 heavy (non-hydrogen) atoms. The largest absolute Gasteiger partial charge is 0.497 e. The van der Waals surface area contributed by atoms with Crippen molar-refractivity contribution in [2.24, 2.45) is 0 Å². The van der Waals surface area contributed by atoms with Gasteiger partial charge < -0.3 is 15.8 Å². The second-order valence-electron chi connectivity index (χ2n) is 7.37. The SMILES string of the molecule is COc1ccc(NC(=O)CSc2nc(N)c3c4c(sc3n2)CSC(C)(C)C4)cc1. The molecule has 1 aliphatic heterocycles. The van der Waals surface area contributed by atoms with E-state index in [0.717, 1.165) is 33.8 Å². The molecule has 0 fully saturated rings. The lowest BCUT2D eigenvalue weighted by Crippen LogP contribution is -2.22. The van der Waals surface area contributed by atoms with Crippen molar-refractivity contribution in [3.05, 3.63) is 34.7 Å². The maximum absolute atomic E-state index is 12.3. The van der Waals surface area contributed by atoms with Crippen molar-refractivity contribution >= 4 is 62.5 Å². The molecule has 0 saturated carbocycles. The van der Waals surface area contributed by atoms with Gasteiger partial charge in [0.05, 0.1) is 18.2 Å². The normalized spacial score (nSPS) is 15.1. The number of carbonyl (C=O) groups excluding carboxylic acids is 1. The number of nitrogens with zero attached hydrogens (tertiary/aromatic N) is 2. The highest BCUT2D eigenvalue weighted by molar-refractivity contribution is 8.00. The highest BCUT2D eigenvalue weighted by Crippen LogP contribution is 2.46. The summed E-state index contributed by atoms with van der Waals surface area (Å²) in [6.45, 7) is 4.51. The fourth-order valence-corrected chi connectivity index (χ4v) is 6.28. The van der Waals surface area contributed by atoms with Gasteiger partial charge in [0.15, 0.2) is 5.16 Å². The first kappa shape index (κ1) is 20.3. The Morgan fingerprint density at radius 2 is 2.07 bits per heavy atom. The minimum Gasteiger partial charge on any atom is -0.497 e. The molecule has 152 valence electrons. The molecule has 0 radical (unpaired) electrons. The molecule has 1 aromatic carbocycles. The lowest BCUT2D eigenvalue weighted by atomic mass is 9.99. The van der Waals surface area contributed by atoms with Crippen LogP contribution >= 0.6 is 34.9 Å². The zero-order valence-corrected chi connectivity index (χ0v) is 18.9. The number of methoxy groups -OCH3 is 1. The van der Waals surface area contributed by atoms with E-state index in [1.807, 2.05) is 11.8 Å². The quantitative estimate of drug-likeness (QED) is 0.438. The first-order valence-corrected chi connectivity index (χ1v) is 11.9. The highest BCUT2D eigenvalue weighted by atomic mass is 32.2. The van der Waals surface area contributed by atoms with Crippen LogP contribution in [0.3, 0.4) is 0 Å². The molecular weight excluding hydrogens is 424 g/mol. The third kappa shape index (κ3) is 4.46. The molecule has 1 amide bonds. The number of benzene rings is 1. The molecule has 3 heterocycles. The van der Waals surface area contributed by atoms with E-state index in [0.29, 0.717) is 11.0 Å². The van der Waals surface area contributed by atoms with Crippen LogP contribution < -0.4 is 15.8 Å². The molecule has 0 spiro atoms. The van der Waals surface area contributed by atoms with Crippen molar-refractivity contribution < 1.29 is 9.53 Å². The molecular formula is C20H22N4O2S3. The van der Waals surface area contributed by atoms with E-state index >= 15 is 0 Å². The number of nitrogens with one attached hydrogen (secondary N) is 1. The van der Waals surface area contributed by atoms with E-state index in [1.165, 1.54) is 22.2 Å². The monoisotopic (exact) mass is 446 g/mol. The molecule has 0 saturated heterocycles. The van der Waals surface area contributed by atoms with E-state index < -0.39 is 0 Å². The van der Waals surface area contributed by atoms with E-state index in [1.54, 1.807) is 42.7 Å². The zero-order valence-electron chi connectivity index (χ0n) is 16.4. The third-order valence-electron chi connectivity index (χ3n) is 4.64. The summed E-state index contributed by atoms with van der Waals surface area (Å²) >= 11 is 4.95. The molecule has 6 nitrogen and oxygen atoms in total. The molecule has 3 aromatic rings. The van der Waals surface area contributed by atoms with Crippen LogP contribution in [0.2, 0.25) is 0 Å². The van der Waals surface area contributed by atoms with Gasteiger partial charge in [-0.3, -0.25) is 4.79 Å². The summed E-state index contributed by atoms with van der Waals surface area (Å²) < 4.78 is 5.32. The molecule has 3 N–H and O–H groups in total. The summed E-state index contributed by atoms with van der Waals surface area (Å²) in [5, 5.41) is 4.39. The number of hydrogen-bond donors (Lipinski definition) is 2. The molecule has 0 atom stereocenters. The van der Waals surface area contributed by atoms with Crippen molar-refractivity contribution in [1.29, 1.82) is 0 Å². The predicted molar refractivity (Wildman–Crippen MR) is 123 cm³/mol. The molecule has 0 unspecified atom stereocenters. The van der Waals surface area contributed by atoms with Crippen molar-refractivity contribution in [3.8, 4) is 5.75 Å². The number of fused-ring (bicyclic) bond motifs is 3. The number of thiophene rings is 1. The smallest absolute Gasteiger partial charge is 0.234 e. The zero-order chi connectivity index (χ0) is 20.6. The van der Waals surface area contributed by atoms with E-state index in [9.17, 15) is 4.79 Å². The molecule has 4 rings (SSSR count).